The summed E-state index contributed by atoms with van der Waals surface area (Å²) in [6, 6.07) is 0. The summed E-state index contributed by atoms with van der Waals surface area (Å²) in [5, 5.41) is 0. The predicted molar refractivity (Wildman–Crippen MR) is 33.7 cm³/mol. The van der Waals surface area contributed by atoms with E-state index in [1.165, 1.54) is 5.92 Å². The molecule has 0 amide bonds. The molecule has 0 N–H and O–H groups in total. The van der Waals surface area contributed by atoms with Crippen LogP contribution in [-0.2, 0) is 4.79 Å². The number of hydrogen-bond donors (Lipinski definition) is 0. The Hall–Kier alpha value is -0.980. The minimum absolute atomic E-state index is 0.0864. The van der Waals surface area contributed by atoms with E-state index in [9.17, 15) is 18.0 Å². The fourth-order valence-electron chi connectivity index (χ4n) is 0.430. The van der Waals surface area contributed by atoms with Gasteiger partial charge >= 0.3 is 6.18 Å². The zero-order chi connectivity index (χ0) is 8.91. The molecule has 0 aliphatic rings. The average molecular weight is 164 g/mol. The molecule has 0 fully saturated rings. The third-order valence-electron chi connectivity index (χ3n) is 0.821. The molecule has 0 heterocycles. The second kappa shape index (κ2) is 4.02. The highest BCUT2D eigenvalue weighted by Crippen LogP contribution is 2.11. The molecule has 0 saturated carbocycles. The van der Waals surface area contributed by atoms with E-state index in [-0.39, 0.29) is 6.42 Å². The molecule has 0 aromatic carbocycles. The van der Waals surface area contributed by atoms with Crippen LogP contribution in [0.25, 0.3) is 0 Å². The number of hydrogen-bond acceptors (Lipinski definition) is 1. The van der Waals surface area contributed by atoms with Crippen molar-refractivity contribution in [1.29, 1.82) is 0 Å². The Morgan fingerprint density at radius 2 is 2.00 bits per heavy atom. The van der Waals surface area contributed by atoms with Crippen LogP contribution in [0.4, 0.5) is 13.2 Å². The van der Waals surface area contributed by atoms with E-state index in [1.807, 2.05) is 0 Å². The van der Waals surface area contributed by atoms with E-state index in [4.69, 9.17) is 0 Å². The summed E-state index contributed by atoms with van der Waals surface area (Å²) in [4.78, 5) is 10.4. The van der Waals surface area contributed by atoms with E-state index in [0.717, 1.165) is 5.92 Å². The van der Waals surface area contributed by atoms with Crippen LogP contribution in [-0.4, -0.2) is 12.0 Å². The maximum Gasteiger partial charge on any atom is 0.458 e. The summed E-state index contributed by atoms with van der Waals surface area (Å²) in [5.74, 6) is 1.75. The lowest BCUT2D eigenvalue weighted by atomic mass is 10.2. The first-order chi connectivity index (χ1) is 4.95. The number of carbonyl (C=O) groups is 1. The van der Waals surface area contributed by atoms with Gasteiger partial charge < -0.3 is 0 Å². The number of carbonyl (C=O) groups excluding carboxylic acids is 1. The first-order valence-corrected chi connectivity index (χ1v) is 3.08. The molecule has 0 saturated heterocycles. The second-order valence-electron chi connectivity index (χ2n) is 1.92. The standard InChI is InChI=1S/C7H7F3O/c1-2-3-6(11)4-5-7(8,9)10/h2-3H2,1H3. The van der Waals surface area contributed by atoms with Crippen LogP contribution in [0.3, 0.4) is 0 Å². The smallest absolute Gasteiger partial charge is 0.285 e. The monoisotopic (exact) mass is 164 g/mol. The summed E-state index contributed by atoms with van der Waals surface area (Å²) < 4.78 is 34.0. The van der Waals surface area contributed by atoms with E-state index in [1.54, 1.807) is 6.92 Å². The summed E-state index contributed by atoms with van der Waals surface area (Å²) in [5.41, 5.74) is 0. The first kappa shape index (κ1) is 10.0. The van der Waals surface area contributed by atoms with Gasteiger partial charge in [0.2, 0.25) is 5.78 Å². The molecule has 11 heavy (non-hydrogen) atoms. The molecule has 0 aromatic rings. The van der Waals surface area contributed by atoms with Crippen LogP contribution in [0.1, 0.15) is 19.8 Å². The van der Waals surface area contributed by atoms with Gasteiger partial charge in [-0.3, -0.25) is 4.79 Å². The SMILES string of the molecule is CCCC(=O)C#CC(F)(F)F. The molecule has 0 bridgehead atoms. The molecule has 0 rings (SSSR count). The zero-order valence-electron chi connectivity index (χ0n) is 5.96. The van der Waals surface area contributed by atoms with Crippen molar-refractivity contribution in [3.8, 4) is 11.8 Å². The van der Waals surface area contributed by atoms with Gasteiger partial charge in [0.05, 0.1) is 0 Å². The van der Waals surface area contributed by atoms with Crippen molar-refractivity contribution in [3.63, 3.8) is 0 Å². The fourth-order valence-corrected chi connectivity index (χ4v) is 0.430. The molecule has 62 valence electrons. The number of halogens is 3. The van der Waals surface area contributed by atoms with Crippen molar-refractivity contribution in [2.24, 2.45) is 0 Å². The second-order valence-corrected chi connectivity index (χ2v) is 1.92. The lowest BCUT2D eigenvalue weighted by Crippen LogP contribution is -2.03. The van der Waals surface area contributed by atoms with E-state index in [0.29, 0.717) is 6.42 Å². The summed E-state index contributed by atoms with van der Waals surface area (Å²) >= 11 is 0. The first-order valence-electron chi connectivity index (χ1n) is 3.08. The Morgan fingerprint density at radius 3 is 2.36 bits per heavy atom. The summed E-state index contributed by atoms with van der Waals surface area (Å²) in [6.07, 6.45) is -3.95. The van der Waals surface area contributed by atoms with Crippen LogP contribution in [0.2, 0.25) is 0 Å². The van der Waals surface area contributed by atoms with Crippen molar-refractivity contribution in [2.75, 3.05) is 0 Å². The van der Waals surface area contributed by atoms with Gasteiger partial charge in [0, 0.05) is 12.3 Å². The number of ketones is 1. The Bertz CT molecular complexity index is 194. The van der Waals surface area contributed by atoms with Gasteiger partial charge in [0.15, 0.2) is 0 Å². The van der Waals surface area contributed by atoms with Crippen LogP contribution in [0.5, 0.6) is 0 Å². The topological polar surface area (TPSA) is 17.1 Å². The molecular formula is C7H7F3O. The average Bonchev–Trinajstić information content (AvgIpc) is 1.83. The van der Waals surface area contributed by atoms with Crippen molar-refractivity contribution in [2.45, 2.75) is 25.9 Å². The van der Waals surface area contributed by atoms with Gasteiger partial charge in [-0.2, -0.15) is 13.2 Å². The van der Waals surface area contributed by atoms with Crippen molar-refractivity contribution in [1.82, 2.24) is 0 Å². The lowest BCUT2D eigenvalue weighted by Gasteiger charge is -1.91. The number of rotatable bonds is 2. The normalized spacial score (nSPS) is 10.2. The maximum absolute atomic E-state index is 11.3. The van der Waals surface area contributed by atoms with Gasteiger partial charge in [0.1, 0.15) is 0 Å². The molecule has 1 nitrogen and oxygen atoms in total. The maximum atomic E-state index is 11.3. The van der Waals surface area contributed by atoms with Gasteiger partial charge in [0.25, 0.3) is 0 Å². The third kappa shape index (κ3) is 6.91. The van der Waals surface area contributed by atoms with Crippen molar-refractivity contribution in [3.05, 3.63) is 0 Å². The van der Waals surface area contributed by atoms with Crippen LogP contribution < -0.4 is 0 Å². The van der Waals surface area contributed by atoms with Crippen molar-refractivity contribution < 1.29 is 18.0 Å². The minimum atomic E-state index is -4.55. The fraction of sp³-hybridized carbons (Fsp3) is 0.571. The Balaban J connectivity index is 3.98. The molecule has 4 heteroatoms. The Kier molecular flexibility index (Phi) is 3.66. The van der Waals surface area contributed by atoms with Gasteiger partial charge in [-0.15, -0.1) is 0 Å². The molecule has 0 aromatic heterocycles. The molecule has 0 aliphatic heterocycles. The van der Waals surface area contributed by atoms with Gasteiger partial charge in [-0.1, -0.05) is 6.92 Å². The predicted octanol–water partition coefficient (Wildman–Crippen LogP) is 1.92. The minimum Gasteiger partial charge on any atom is -0.285 e. The molecule has 0 radical (unpaired) electrons. The number of Topliss-reactive ketones (excluding diaryl/α,β-unsaturated/α-hetero) is 1. The molecular weight excluding hydrogens is 157 g/mol. The molecule has 0 unspecified atom stereocenters. The van der Waals surface area contributed by atoms with Crippen LogP contribution in [0.15, 0.2) is 0 Å². The quantitative estimate of drug-likeness (QED) is 0.450. The third-order valence-corrected chi connectivity index (χ3v) is 0.821. The van der Waals surface area contributed by atoms with E-state index in [2.05, 4.69) is 0 Å². The highest BCUT2D eigenvalue weighted by atomic mass is 19.4. The van der Waals surface area contributed by atoms with Crippen LogP contribution >= 0.6 is 0 Å². The highest BCUT2D eigenvalue weighted by molar-refractivity contribution is 5.95. The zero-order valence-corrected chi connectivity index (χ0v) is 5.96. The van der Waals surface area contributed by atoms with E-state index < -0.39 is 12.0 Å². The Labute approximate surface area is 62.6 Å². The van der Waals surface area contributed by atoms with Crippen LogP contribution in [0, 0.1) is 11.8 Å². The van der Waals surface area contributed by atoms with Crippen molar-refractivity contribution >= 4 is 5.78 Å². The van der Waals surface area contributed by atoms with E-state index >= 15 is 0 Å². The number of alkyl halides is 3. The summed E-state index contributed by atoms with van der Waals surface area (Å²) in [6.45, 7) is 1.70. The molecule has 0 atom stereocenters. The largest absolute Gasteiger partial charge is 0.458 e. The highest BCUT2D eigenvalue weighted by Gasteiger charge is 2.23. The molecule has 0 spiro atoms. The summed E-state index contributed by atoms with van der Waals surface area (Å²) in [7, 11) is 0. The Morgan fingerprint density at radius 1 is 1.45 bits per heavy atom. The van der Waals surface area contributed by atoms with Gasteiger partial charge in [-0.25, -0.2) is 0 Å². The lowest BCUT2D eigenvalue weighted by molar-refractivity contribution is -0.114. The molecule has 0 aliphatic carbocycles. The van der Waals surface area contributed by atoms with Gasteiger partial charge in [-0.05, 0) is 12.3 Å².